The Hall–Kier alpha value is -3.52. The van der Waals surface area contributed by atoms with Crippen LogP contribution in [0.2, 0.25) is 0 Å². The van der Waals surface area contributed by atoms with E-state index in [0.717, 1.165) is 16.3 Å². The molecule has 8 heteroatoms. The van der Waals surface area contributed by atoms with Gasteiger partial charge in [-0.05, 0) is 54.6 Å². The van der Waals surface area contributed by atoms with Gasteiger partial charge in [-0.15, -0.1) is 11.3 Å². The lowest BCUT2D eigenvalue weighted by atomic mass is 10.2. The van der Waals surface area contributed by atoms with Crippen molar-refractivity contribution in [3.05, 3.63) is 77.1 Å². The van der Waals surface area contributed by atoms with Crippen molar-refractivity contribution in [3.63, 3.8) is 0 Å². The first-order valence-electron chi connectivity index (χ1n) is 8.19. The number of methoxy groups -OCH3 is 1. The van der Waals surface area contributed by atoms with Gasteiger partial charge in [-0.2, -0.15) is 0 Å². The van der Waals surface area contributed by atoms with Crippen molar-refractivity contribution in [1.29, 1.82) is 0 Å². The molecule has 0 aliphatic carbocycles. The molecular weight excluding hydrogens is 381 g/mol. The molecule has 0 atom stereocenters. The number of ether oxygens (including phenoxy) is 1. The highest BCUT2D eigenvalue weighted by Gasteiger charge is 2.07. The average molecular weight is 397 g/mol. The van der Waals surface area contributed by atoms with E-state index >= 15 is 0 Å². The standard InChI is InChI=1S/C20H16FN3O3S/c1-27-17-9-4-14(5-10-17)20-22-16(12-28-20)8-11-18(25)23-24-19(26)13-2-6-15(21)7-3-13/h2-12H,1H3,(H,23,25)(H,24,26). The van der Waals surface area contributed by atoms with Gasteiger partial charge in [0.1, 0.15) is 16.6 Å². The lowest BCUT2D eigenvalue weighted by Gasteiger charge is -2.04. The van der Waals surface area contributed by atoms with Crippen LogP contribution in [0.1, 0.15) is 16.1 Å². The third-order valence-corrected chi connectivity index (χ3v) is 4.58. The fourth-order valence-electron chi connectivity index (χ4n) is 2.22. The molecule has 0 saturated carbocycles. The Balaban J connectivity index is 1.54. The van der Waals surface area contributed by atoms with E-state index in [1.807, 2.05) is 29.6 Å². The van der Waals surface area contributed by atoms with Crippen LogP contribution in [-0.2, 0) is 4.79 Å². The summed E-state index contributed by atoms with van der Waals surface area (Å²) in [5.74, 6) is -0.743. The number of thiazole rings is 1. The van der Waals surface area contributed by atoms with Gasteiger partial charge in [-0.1, -0.05) is 0 Å². The van der Waals surface area contributed by atoms with E-state index in [2.05, 4.69) is 15.8 Å². The molecule has 6 nitrogen and oxygen atoms in total. The Morgan fingerprint density at radius 1 is 1.07 bits per heavy atom. The monoisotopic (exact) mass is 397 g/mol. The number of benzene rings is 2. The summed E-state index contributed by atoms with van der Waals surface area (Å²) in [6.45, 7) is 0. The Kier molecular flexibility index (Phi) is 6.13. The van der Waals surface area contributed by atoms with Gasteiger partial charge in [0.15, 0.2) is 0 Å². The molecular formula is C20H16FN3O3S. The number of carbonyl (C=O) groups excluding carboxylic acids is 2. The summed E-state index contributed by atoms with van der Waals surface area (Å²) < 4.78 is 18.0. The molecule has 28 heavy (non-hydrogen) atoms. The second-order valence-electron chi connectivity index (χ2n) is 5.59. The summed E-state index contributed by atoms with van der Waals surface area (Å²) in [5.41, 5.74) is 6.31. The molecule has 1 heterocycles. The Labute approximate surface area is 164 Å². The molecule has 0 fully saturated rings. The lowest BCUT2D eigenvalue weighted by Crippen LogP contribution is -2.40. The van der Waals surface area contributed by atoms with E-state index in [1.54, 1.807) is 13.2 Å². The Morgan fingerprint density at radius 2 is 1.79 bits per heavy atom. The lowest BCUT2D eigenvalue weighted by molar-refractivity contribution is -0.117. The van der Waals surface area contributed by atoms with Crippen LogP contribution in [0.5, 0.6) is 5.75 Å². The topological polar surface area (TPSA) is 80.3 Å². The number of carbonyl (C=O) groups is 2. The minimum absolute atomic E-state index is 0.231. The molecule has 0 spiro atoms. The van der Waals surface area contributed by atoms with Crippen LogP contribution in [0.3, 0.4) is 0 Å². The zero-order valence-corrected chi connectivity index (χ0v) is 15.6. The van der Waals surface area contributed by atoms with Crippen LogP contribution in [0.15, 0.2) is 60.0 Å². The van der Waals surface area contributed by atoms with E-state index in [4.69, 9.17) is 4.74 Å². The second-order valence-corrected chi connectivity index (χ2v) is 6.45. The summed E-state index contributed by atoms with van der Waals surface area (Å²) in [6.07, 6.45) is 2.81. The molecule has 0 saturated heterocycles. The molecule has 0 radical (unpaired) electrons. The number of halogens is 1. The number of rotatable bonds is 5. The SMILES string of the molecule is COc1ccc(-c2nc(C=CC(=O)NNC(=O)c3ccc(F)cc3)cs2)cc1. The maximum atomic E-state index is 12.8. The van der Waals surface area contributed by atoms with Gasteiger partial charge >= 0.3 is 0 Å². The zero-order chi connectivity index (χ0) is 19.9. The van der Waals surface area contributed by atoms with Gasteiger partial charge in [0, 0.05) is 22.6 Å². The van der Waals surface area contributed by atoms with Crippen molar-refractivity contribution in [2.45, 2.75) is 0 Å². The molecule has 2 N–H and O–H groups in total. The molecule has 2 aromatic carbocycles. The minimum Gasteiger partial charge on any atom is -0.497 e. The maximum Gasteiger partial charge on any atom is 0.269 e. The number of nitrogens with zero attached hydrogens (tertiary/aromatic N) is 1. The first kappa shape index (κ1) is 19.2. The highest BCUT2D eigenvalue weighted by atomic mass is 32.1. The maximum absolute atomic E-state index is 12.8. The number of hydrogen-bond acceptors (Lipinski definition) is 5. The van der Waals surface area contributed by atoms with Gasteiger partial charge < -0.3 is 4.74 Å². The predicted molar refractivity (Wildman–Crippen MR) is 105 cm³/mol. The molecule has 2 amide bonds. The van der Waals surface area contributed by atoms with Crippen LogP contribution in [-0.4, -0.2) is 23.9 Å². The van der Waals surface area contributed by atoms with E-state index in [9.17, 15) is 14.0 Å². The largest absolute Gasteiger partial charge is 0.497 e. The van der Waals surface area contributed by atoms with Crippen LogP contribution < -0.4 is 15.6 Å². The normalized spacial score (nSPS) is 10.6. The highest BCUT2D eigenvalue weighted by Crippen LogP contribution is 2.26. The number of aromatic nitrogens is 1. The summed E-state index contributed by atoms with van der Waals surface area (Å²) >= 11 is 1.45. The van der Waals surface area contributed by atoms with E-state index in [0.29, 0.717) is 5.69 Å². The summed E-state index contributed by atoms with van der Waals surface area (Å²) in [4.78, 5) is 28.1. The number of hydrogen-bond donors (Lipinski definition) is 2. The Bertz CT molecular complexity index is 998. The van der Waals surface area contributed by atoms with Crippen molar-refractivity contribution < 1.29 is 18.7 Å². The van der Waals surface area contributed by atoms with Crippen molar-refractivity contribution >= 4 is 29.2 Å². The third kappa shape index (κ3) is 5.01. The summed E-state index contributed by atoms with van der Waals surface area (Å²) in [6, 6.07) is 12.5. The number of nitrogens with one attached hydrogen (secondary N) is 2. The smallest absolute Gasteiger partial charge is 0.269 e. The molecule has 0 bridgehead atoms. The zero-order valence-electron chi connectivity index (χ0n) is 14.8. The van der Waals surface area contributed by atoms with E-state index in [-0.39, 0.29) is 5.56 Å². The molecule has 142 valence electrons. The van der Waals surface area contributed by atoms with Gasteiger partial charge in [0.2, 0.25) is 0 Å². The van der Waals surface area contributed by atoms with Gasteiger partial charge in [-0.3, -0.25) is 20.4 Å². The molecule has 3 aromatic rings. The van der Waals surface area contributed by atoms with E-state index in [1.165, 1.54) is 41.7 Å². The highest BCUT2D eigenvalue weighted by molar-refractivity contribution is 7.13. The van der Waals surface area contributed by atoms with E-state index < -0.39 is 17.6 Å². The third-order valence-electron chi connectivity index (χ3n) is 3.67. The van der Waals surface area contributed by atoms with Crippen LogP contribution in [0.4, 0.5) is 4.39 Å². The van der Waals surface area contributed by atoms with Crippen molar-refractivity contribution in [2.75, 3.05) is 7.11 Å². The van der Waals surface area contributed by atoms with Crippen LogP contribution >= 0.6 is 11.3 Å². The molecule has 0 unspecified atom stereocenters. The minimum atomic E-state index is -0.544. The van der Waals surface area contributed by atoms with Crippen LogP contribution in [0, 0.1) is 5.82 Å². The molecule has 3 rings (SSSR count). The van der Waals surface area contributed by atoms with Crippen molar-refractivity contribution in [3.8, 4) is 16.3 Å². The average Bonchev–Trinajstić information content (AvgIpc) is 3.20. The fraction of sp³-hybridized carbons (Fsp3) is 0.0500. The van der Waals surface area contributed by atoms with Crippen LogP contribution in [0.25, 0.3) is 16.6 Å². The molecule has 0 aliphatic rings. The fourth-order valence-corrected chi connectivity index (χ4v) is 3.02. The van der Waals surface area contributed by atoms with Gasteiger partial charge in [0.05, 0.1) is 12.8 Å². The number of hydrazine groups is 1. The van der Waals surface area contributed by atoms with Crippen molar-refractivity contribution in [1.82, 2.24) is 15.8 Å². The first-order valence-corrected chi connectivity index (χ1v) is 9.07. The summed E-state index contributed by atoms with van der Waals surface area (Å²) in [5, 5.41) is 2.63. The second kappa shape index (κ2) is 8.92. The Morgan fingerprint density at radius 3 is 2.46 bits per heavy atom. The van der Waals surface area contributed by atoms with Gasteiger partial charge in [-0.25, -0.2) is 9.37 Å². The van der Waals surface area contributed by atoms with Crippen molar-refractivity contribution in [2.24, 2.45) is 0 Å². The first-order chi connectivity index (χ1) is 13.5. The quantitative estimate of drug-likeness (QED) is 0.511. The molecule has 0 aliphatic heterocycles. The summed E-state index contributed by atoms with van der Waals surface area (Å²) in [7, 11) is 1.61. The number of amides is 2. The molecule has 1 aromatic heterocycles. The van der Waals surface area contributed by atoms with Gasteiger partial charge in [0.25, 0.3) is 11.8 Å². The predicted octanol–water partition coefficient (Wildman–Crippen LogP) is 3.43.